The molecule has 0 saturated carbocycles. The first-order chi connectivity index (χ1) is 11.9. The third-order valence-electron chi connectivity index (χ3n) is 3.94. The molecule has 0 aliphatic carbocycles. The van der Waals surface area contributed by atoms with Crippen molar-refractivity contribution in [3.8, 4) is 5.75 Å². The van der Waals surface area contributed by atoms with Crippen LogP contribution < -0.4 is 10.1 Å². The molecule has 0 atom stereocenters. The molecule has 0 aliphatic heterocycles. The fraction of sp³-hybridized carbons (Fsp3) is 0.222. The topological polar surface area (TPSA) is 55.6 Å². The smallest absolute Gasteiger partial charge is 0.274 e. The second kappa shape index (κ2) is 6.94. The van der Waals surface area contributed by atoms with E-state index in [1.54, 1.807) is 34.9 Å². The fourth-order valence-electron chi connectivity index (χ4n) is 2.67. The number of pyridine rings is 1. The number of nitrogens with one attached hydrogen (secondary N) is 1. The van der Waals surface area contributed by atoms with E-state index in [2.05, 4.69) is 10.3 Å². The predicted molar refractivity (Wildman–Crippen MR) is 100 cm³/mol. The lowest BCUT2D eigenvalue weighted by atomic mass is 10.2. The van der Waals surface area contributed by atoms with Gasteiger partial charge in [0.2, 0.25) is 0 Å². The quantitative estimate of drug-likeness (QED) is 0.711. The highest BCUT2D eigenvalue weighted by molar-refractivity contribution is 6.31. The Labute approximate surface area is 155 Å². The summed E-state index contributed by atoms with van der Waals surface area (Å²) in [5, 5.41) is 4.05. The lowest BCUT2D eigenvalue weighted by Gasteiger charge is -2.12. The zero-order chi connectivity index (χ0) is 18.1. The van der Waals surface area contributed by atoms with Gasteiger partial charge in [-0.3, -0.25) is 9.20 Å². The van der Waals surface area contributed by atoms with Gasteiger partial charge in [0.1, 0.15) is 17.1 Å². The lowest BCUT2D eigenvalue weighted by Crippen LogP contribution is -2.17. The number of anilines is 1. The summed E-state index contributed by atoms with van der Waals surface area (Å²) >= 11 is 12.1. The van der Waals surface area contributed by atoms with Crippen LogP contribution in [-0.4, -0.2) is 22.4 Å². The van der Waals surface area contributed by atoms with E-state index >= 15 is 0 Å². The first-order valence-electron chi connectivity index (χ1n) is 7.76. The first kappa shape index (κ1) is 17.6. The van der Waals surface area contributed by atoms with E-state index in [4.69, 9.17) is 27.9 Å². The van der Waals surface area contributed by atoms with Crippen LogP contribution in [0.2, 0.25) is 10.0 Å². The molecule has 0 aliphatic rings. The number of methoxy groups -OCH3 is 1. The number of halogens is 2. The number of rotatable bonds is 4. The molecule has 3 rings (SSSR count). The van der Waals surface area contributed by atoms with Gasteiger partial charge in [0.05, 0.1) is 18.5 Å². The summed E-state index contributed by atoms with van der Waals surface area (Å²) in [6.07, 6.45) is 2.36. The number of aryl methyl sites for hydroxylation is 2. The number of fused-ring (bicyclic) bond motifs is 1. The molecule has 2 heterocycles. The van der Waals surface area contributed by atoms with Gasteiger partial charge < -0.3 is 10.1 Å². The van der Waals surface area contributed by atoms with Crippen LogP contribution in [0.4, 0.5) is 5.69 Å². The third kappa shape index (κ3) is 3.30. The minimum Gasteiger partial charge on any atom is -0.495 e. The van der Waals surface area contributed by atoms with Crippen LogP contribution in [0, 0.1) is 6.92 Å². The average molecular weight is 378 g/mol. The van der Waals surface area contributed by atoms with Gasteiger partial charge in [-0.15, -0.1) is 0 Å². The van der Waals surface area contributed by atoms with Crippen LogP contribution in [-0.2, 0) is 6.42 Å². The molecule has 0 fully saturated rings. The Kier molecular flexibility index (Phi) is 4.88. The lowest BCUT2D eigenvalue weighted by molar-refractivity contribution is 0.102. The van der Waals surface area contributed by atoms with Gasteiger partial charge in [-0.05, 0) is 31.0 Å². The third-order valence-corrected chi connectivity index (χ3v) is 4.58. The number of hydrogen-bond acceptors (Lipinski definition) is 3. The van der Waals surface area contributed by atoms with Gasteiger partial charge in [0.25, 0.3) is 5.91 Å². The summed E-state index contributed by atoms with van der Waals surface area (Å²) < 4.78 is 7.05. The van der Waals surface area contributed by atoms with Crippen molar-refractivity contribution < 1.29 is 9.53 Å². The Balaban J connectivity index is 2.05. The molecular formula is C18H17Cl2N3O2. The van der Waals surface area contributed by atoms with Gasteiger partial charge in [-0.25, -0.2) is 4.98 Å². The summed E-state index contributed by atoms with van der Waals surface area (Å²) in [6, 6.07) is 6.91. The van der Waals surface area contributed by atoms with Gasteiger partial charge in [0.15, 0.2) is 0 Å². The van der Waals surface area contributed by atoms with Gasteiger partial charge in [0, 0.05) is 28.4 Å². The molecule has 3 aromatic rings. The van der Waals surface area contributed by atoms with Gasteiger partial charge >= 0.3 is 0 Å². The molecule has 1 N–H and O–H groups in total. The second-order valence-electron chi connectivity index (χ2n) is 5.59. The second-order valence-corrected chi connectivity index (χ2v) is 6.43. The van der Waals surface area contributed by atoms with Gasteiger partial charge in [-0.2, -0.15) is 0 Å². The van der Waals surface area contributed by atoms with Crippen molar-refractivity contribution in [2.75, 3.05) is 12.4 Å². The SMILES string of the molecule is CCc1nc2cc(Cl)ccn2c1C(=O)Nc1cc(C)c(Cl)cc1OC. The molecule has 0 radical (unpaired) electrons. The molecule has 5 nitrogen and oxygen atoms in total. The van der Waals surface area contributed by atoms with Crippen LogP contribution in [0.25, 0.3) is 5.65 Å². The maximum atomic E-state index is 12.9. The number of carbonyl (C=O) groups is 1. The summed E-state index contributed by atoms with van der Waals surface area (Å²) in [4.78, 5) is 17.4. The zero-order valence-electron chi connectivity index (χ0n) is 14.1. The number of imidazole rings is 1. The van der Waals surface area contributed by atoms with Crippen molar-refractivity contribution in [2.24, 2.45) is 0 Å². The Bertz CT molecular complexity index is 967. The predicted octanol–water partition coefficient (Wildman–Crippen LogP) is 4.77. The van der Waals surface area contributed by atoms with Crippen molar-refractivity contribution in [2.45, 2.75) is 20.3 Å². The minimum absolute atomic E-state index is 0.272. The molecule has 1 amide bonds. The highest BCUT2D eigenvalue weighted by Gasteiger charge is 2.20. The maximum Gasteiger partial charge on any atom is 0.274 e. The first-order valence-corrected chi connectivity index (χ1v) is 8.52. The summed E-state index contributed by atoms with van der Waals surface area (Å²) in [5.41, 5.74) is 3.21. The summed E-state index contributed by atoms with van der Waals surface area (Å²) in [7, 11) is 1.53. The van der Waals surface area contributed by atoms with Gasteiger partial charge in [-0.1, -0.05) is 30.1 Å². The number of carbonyl (C=O) groups excluding carboxylic acids is 1. The molecular weight excluding hydrogens is 361 g/mol. The van der Waals surface area contributed by atoms with Crippen molar-refractivity contribution in [3.63, 3.8) is 0 Å². The number of ether oxygens (including phenoxy) is 1. The fourth-order valence-corrected chi connectivity index (χ4v) is 2.97. The number of nitrogens with zero attached hydrogens (tertiary/aromatic N) is 2. The normalized spacial score (nSPS) is 10.9. The van der Waals surface area contributed by atoms with E-state index in [0.717, 1.165) is 5.56 Å². The number of benzene rings is 1. The Morgan fingerprint density at radius 1 is 1.32 bits per heavy atom. The minimum atomic E-state index is -0.272. The van der Waals surface area contributed by atoms with Crippen LogP contribution in [0.5, 0.6) is 5.75 Å². The monoisotopic (exact) mass is 377 g/mol. The summed E-state index contributed by atoms with van der Waals surface area (Å²) in [5.74, 6) is 0.227. The van der Waals surface area contributed by atoms with Crippen LogP contribution in [0.3, 0.4) is 0 Å². The standard InChI is InChI=1S/C18H17Cl2N3O2/c1-4-13-17(23-6-5-11(19)8-16(23)21-13)18(24)22-14-7-10(2)12(20)9-15(14)25-3/h5-9H,4H2,1-3H3,(H,22,24). The molecule has 1 aromatic carbocycles. The highest BCUT2D eigenvalue weighted by atomic mass is 35.5. The van der Waals surface area contributed by atoms with Crippen molar-refractivity contribution in [1.29, 1.82) is 0 Å². The average Bonchev–Trinajstić information content (AvgIpc) is 2.95. The Morgan fingerprint density at radius 2 is 2.08 bits per heavy atom. The van der Waals surface area contributed by atoms with Crippen molar-refractivity contribution >= 4 is 40.4 Å². The number of amides is 1. The molecule has 0 spiro atoms. The van der Waals surface area contributed by atoms with Crippen LogP contribution in [0.15, 0.2) is 30.5 Å². The van der Waals surface area contributed by atoms with Crippen LogP contribution >= 0.6 is 23.2 Å². The highest BCUT2D eigenvalue weighted by Crippen LogP contribution is 2.31. The zero-order valence-corrected chi connectivity index (χ0v) is 15.6. The Hall–Kier alpha value is -2.24. The molecule has 0 saturated heterocycles. The van der Waals surface area contributed by atoms with E-state index in [9.17, 15) is 4.79 Å². The van der Waals surface area contributed by atoms with E-state index in [1.165, 1.54) is 7.11 Å². The summed E-state index contributed by atoms with van der Waals surface area (Å²) in [6.45, 7) is 3.82. The largest absolute Gasteiger partial charge is 0.495 e. The maximum absolute atomic E-state index is 12.9. The van der Waals surface area contributed by atoms with E-state index in [-0.39, 0.29) is 5.91 Å². The van der Waals surface area contributed by atoms with E-state index < -0.39 is 0 Å². The molecule has 7 heteroatoms. The van der Waals surface area contributed by atoms with Crippen molar-refractivity contribution in [1.82, 2.24) is 9.38 Å². The molecule has 130 valence electrons. The number of aromatic nitrogens is 2. The molecule has 2 aromatic heterocycles. The molecule has 25 heavy (non-hydrogen) atoms. The van der Waals surface area contributed by atoms with E-state index in [0.29, 0.717) is 44.9 Å². The number of hydrogen-bond donors (Lipinski definition) is 1. The van der Waals surface area contributed by atoms with E-state index in [1.807, 2.05) is 13.8 Å². The molecule has 0 unspecified atom stereocenters. The molecule has 0 bridgehead atoms. The van der Waals surface area contributed by atoms with Crippen molar-refractivity contribution in [3.05, 3.63) is 57.5 Å². The Morgan fingerprint density at radius 3 is 2.76 bits per heavy atom. The van der Waals surface area contributed by atoms with Crippen LogP contribution in [0.1, 0.15) is 28.7 Å².